The molecule has 1 saturated heterocycles. The lowest BCUT2D eigenvalue weighted by Gasteiger charge is -2.34. The second-order valence-electron chi connectivity index (χ2n) is 10.7. The van der Waals surface area contributed by atoms with E-state index in [9.17, 15) is 18.0 Å². The minimum Gasteiger partial charge on any atom is -0.340 e. The van der Waals surface area contributed by atoms with Crippen molar-refractivity contribution >= 4 is 23.7 Å². The van der Waals surface area contributed by atoms with E-state index < -0.39 is 11.7 Å². The van der Waals surface area contributed by atoms with Crippen LogP contribution in [0, 0.1) is 0 Å². The van der Waals surface area contributed by atoms with Crippen LogP contribution in [0.4, 0.5) is 13.2 Å². The molecule has 44 heavy (non-hydrogen) atoms. The predicted molar refractivity (Wildman–Crippen MR) is 169 cm³/mol. The monoisotopic (exact) mass is 619 g/mol. The van der Waals surface area contributed by atoms with Gasteiger partial charge in [0.25, 0.3) is 0 Å². The molecule has 0 radical (unpaired) electrons. The molecule has 1 aliphatic rings. The Balaban J connectivity index is 1.11. The number of carbonyl (C=O) groups is 1. The van der Waals surface area contributed by atoms with Crippen LogP contribution in [0.15, 0.2) is 96.2 Å². The zero-order chi connectivity index (χ0) is 30.8. The molecule has 1 amide bonds. The zero-order valence-corrected chi connectivity index (χ0v) is 25.3. The number of nitrogens with zero attached hydrogens (tertiary/aromatic N) is 5. The number of hydrogen-bond acceptors (Lipinski definition) is 5. The molecule has 4 aromatic rings. The molecule has 5 rings (SSSR count). The van der Waals surface area contributed by atoms with Crippen LogP contribution in [0.25, 0.3) is 11.8 Å². The number of benzene rings is 3. The highest BCUT2D eigenvalue weighted by Crippen LogP contribution is 2.32. The molecule has 10 heteroatoms. The van der Waals surface area contributed by atoms with Crippen molar-refractivity contribution in [3.8, 4) is 5.69 Å². The van der Waals surface area contributed by atoms with Gasteiger partial charge in [-0.3, -0.25) is 14.3 Å². The standard InChI is InChI=1S/C34H36F3N5OS/c35-34(36,37)29-16-9-17-30(26-29)42-31(25-28-13-5-2-6-14-28)38-39-33(42)44-24-8-7-18-32(43)41-22-20-40(21-23-41)19-10-15-27-11-3-1-4-12-27/h1-6,9-17,26H,7-8,18-25H2/b15-10+. The third kappa shape index (κ3) is 8.83. The average Bonchev–Trinajstić information content (AvgIpc) is 3.43. The number of halogens is 3. The Hall–Kier alpha value is -3.89. The van der Waals surface area contributed by atoms with Crippen molar-refractivity contribution in [2.75, 3.05) is 38.5 Å². The summed E-state index contributed by atoms with van der Waals surface area (Å²) in [7, 11) is 0. The van der Waals surface area contributed by atoms with Crippen LogP contribution in [0.3, 0.4) is 0 Å². The molecule has 3 aromatic carbocycles. The van der Waals surface area contributed by atoms with Crippen molar-refractivity contribution in [3.63, 3.8) is 0 Å². The molecule has 0 unspecified atom stereocenters. The molecule has 1 aromatic heterocycles. The van der Waals surface area contributed by atoms with E-state index in [0.29, 0.717) is 35.3 Å². The second kappa shape index (κ2) is 15.2. The Morgan fingerprint density at radius 3 is 2.32 bits per heavy atom. The van der Waals surface area contributed by atoms with Crippen molar-refractivity contribution in [1.82, 2.24) is 24.6 Å². The third-order valence-electron chi connectivity index (χ3n) is 7.55. The molecule has 230 valence electrons. The molecule has 6 nitrogen and oxygen atoms in total. The van der Waals surface area contributed by atoms with Crippen LogP contribution in [0.2, 0.25) is 0 Å². The number of amides is 1. The Morgan fingerprint density at radius 1 is 0.864 bits per heavy atom. The summed E-state index contributed by atoms with van der Waals surface area (Å²) in [5.74, 6) is 1.42. The zero-order valence-electron chi connectivity index (χ0n) is 24.5. The van der Waals surface area contributed by atoms with Gasteiger partial charge in [0, 0.05) is 51.3 Å². The van der Waals surface area contributed by atoms with E-state index in [0.717, 1.165) is 63.3 Å². The lowest BCUT2D eigenvalue weighted by molar-refractivity contribution is -0.137. The summed E-state index contributed by atoms with van der Waals surface area (Å²) in [6.45, 7) is 4.05. The van der Waals surface area contributed by atoms with Gasteiger partial charge < -0.3 is 4.90 Å². The average molecular weight is 620 g/mol. The van der Waals surface area contributed by atoms with Crippen LogP contribution in [-0.2, 0) is 17.4 Å². The Morgan fingerprint density at radius 2 is 1.59 bits per heavy atom. The van der Waals surface area contributed by atoms with Gasteiger partial charge in [-0.25, -0.2) is 0 Å². The summed E-state index contributed by atoms with van der Waals surface area (Å²) in [6.07, 6.45) is 2.29. The molecular formula is C34H36F3N5OS. The van der Waals surface area contributed by atoms with Crippen LogP contribution < -0.4 is 0 Å². The molecule has 1 aliphatic heterocycles. The predicted octanol–water partition coefficient (Wildman–Crippen LogP) is 7.00. The van der Waals surface area contributed by atoms with Crippen molar-refractivity contribution in [3.05, 3.63) is 114 Å². The minimum atomic E-state index is -4.45. The quantitative estimate of drug-likeness (QED) is 0.126. The summed E-state index contributed by atoms with van der Waals surface area (Å²) >= 11 is 1.45. The van der Waals surface area contributed by atoms with Gasteiger partial charge in [0.15, 0.2) is 5.16 Å². The van der Waals surface area contributed by atoms with E-state index in [1.165, 1.54) is 23.4 Å². The fraction of sp³-hybridized carbons (Fsp3) is 0.324. The van der Waals surface area contributed by atoms with Gasteiger partial charge in [-0.1, -0.05) is 90.6 Å². The molecule has 0 bridgehead atoms. The molecular weight excluding hydrogens is 583 g/mol. The van der Waals surface area contributed by atoms with Crippen molar-refractivity contribution in [1.29, 1.82) is 0 Å². The first-order chi connectivity index (χ1) is 21.4. The Labute approximate surface area is 260 Å². The summed E-state index contributed by atoms with van der Waals surface area (Å²) in [4.78, 5) is 17.1. The number of unbranched alkanes of at least 4 members (excludes halogenated alkanes) is 1. The topological polar surface area (TPSA) is 54.3 Å². The number of carbonyl (C=O) groups excluding carboxylic acids is 1. The second-order valence-corrected chi connectivity index (χ2v) is 11.8. The first-order valence-electron chi connectivity index (χ1n) is 14.9. The molecule has 0 aliphatic carbocycles. The number of hydrogen-bond donors (Lipinski definition) is 0. The normalized spacial score (nSPS) is 14.4. The Bertz CT molecular complexity index is 1520. The van der Waals surface area contributed by atoms with Gasteiger partial charge in [0.05, 0.1) is 11.3 Å². The van der Waals surface area contributed by atoms with E-state index >= 15 is 0 Å². The minimum absolute atomic E-state index is 0.173. The number of piperazine rings is 1. The van der Waals surface area contributed by atoms with E-state index in [-0.39, 0.29) is 5.91 Å². The first kappa shape index (κ1) is 31.5. The number of thioether (sulfide) groups is 1. The first-order valence-corrected chi connectivity index (χ1v) is 15.9. The van der Waals surface area contributed by atoms with Crippen molar-refractivity contribution < 1.29 is 18.0 Å². The summed E-state index contributed by atoms with van der Waals surface area (Å²) in [5, 5.41) is 9.23. The van der Waals surface area contributed by atoms with Crippen molar-refractivity contribution in [2.45, 2.75) is 37.0 Å². The highest BCUT2D eigenvalue weighted by molar-refractivity contribution is 7.99. The number of alkyl halides is 3. The van der Waals surface area contributed by atoms with Crippen LogP contribution >= 0.6 is 11.8 Å². The van der Waals surface area contributed by atoms with E-state index in [4.69, 9.17) is 0 Å². The lowest BCUT2D eigenvalue weighted by Crippen LogP contribution is -2.48. The summed E-state index contributed by atoms with van der Waals surface area (Å²) in [6, 6.07) is 25.1. The van der Waals surface area contributed by atoms with Gasteiger partial charge in [0.2, 0.25) is 5.91 Å². The largest absolute Gasteiger partial charge is 0.416 e. The van der Waals surface area contributed by atoms with Gasteiger partial charge in [0.1, 0.15) is 5.82 Å². The molecule has 0 spiro atoms. The summed E-state index contributed by atoms with van der Waals surface area (Å²) < 4.78 is 42.2. The van der Waals surface area contributed by atoms with Gasteiger partial charge in [-0.15, -0.1) is 10.2 Å². The van der Waals surface area contributed by atoms with E-state index in [1.54, 1.807) is 10.6 Å². The molecule has 0 saturated carbocycles. The van der Waals surface area contributed by atoms with E-state index in [2.05, 4.69) is 39.4 Å². The van der Waals surface area contributed by atoms with Crippen LogP contribution in [0.5, 0.6) is 0 Å². The Kier molecular flexibility index (Phi) is 10.9. The maximum absolute atomic E-state index is 13.5. The fourth-order valence-electron chi connectivity index (χ4n) is 5.15. The SMILES string of the molecule is O=C(CCCCSc1nnc(Cc2ccccc2)n1-c1cccc(C(F)(F)F)c1)N1CCN(C/C=C/c2ccccc2)CC1. The van der Waals surface area contributed by atoms with Gasteiger partial charge in [-0.05, 0) is 42.2 Å². The molecule has 2 heterocycles. The molecule has 1 fully saturated rings. The number of rotatable bonds is 12. The lowest BCUT2D eigenvalue weighted by atomic mass is 10.1. The van der Waals surface area contributed by atoms with Crippen LogP contribution in [-0.4, -0.2) is 68.9 Å². The highest BCUT2D eigenvalue weighted by atomic mass is 32.2. The smallest absolute Gasteiger partial charge is 0.340 e. The maximum atomic E-state index is 13.5. The fourth-order valence-corrected chi connectivity index (χ4v) is 6.12. The molecule has 0 atom stereocenters. The van der Waals surface area contributed by atoms with Gasteiger partial charge >= 0.3 is 6.18 Å². The third-order valence-corrected chi connectivity index (χ3v) is 8.57. The van der Waals surface area contributed by atoms with Gasteiger partial charge in [-0.2, -0.15) is 13.2 Å². The molecule has 0 N–H and O–H groups in total. The van der Waals surface area contributed by atoms with E-state index in [1.807, 2.05) is 53.4 Å². The number of aromatic nitrogens is 3. The van der Waals surface area contributed by atoms with Crippen LogP contribution in [0.1, 0.15) is 41.8 Å². The summed E-state index contributed by atoms with van der Waals surface area (Å²) in [5.41, 5.74) is 1.84. The highest BCUT2D eigenvalue weighted by Gasteiger charge is 2.31. The van der Waals surface area contributed by atoms with Crippen molar-refractivity contribution in [2.24, 2.45) is 0 Å². The maximum Gasteiger partial charge on any atom is 0.416 e.